The van der Waals surface area contributed by atoms with E-state index >= 15 is 0 Å². The van der Waals surface area contributed by atoms with E-state index in [1.807, 2.05) is 11.3 Å². The third-order valence-electron chi connectivity index (χ3n) is 9.15. The Morgan fingerprint density at radius 3 is 2.40 bits per heavy atom. The van der Waals surface area contributed by atoms with Gasteiger partial charge in [0.25, 0.3) is 0 Å². The van der Waals surface area contributed by atoms with Crippen LogP contribution in [0.5, 0.6) is 0 Å². The molecule has 0 atom stereocenters. The lowest BCUT2D eigenvalue weighted by Gasteiger charge is -2.21. The monoisotopic (exact) mass is 595 g/mol. The van der Waals surface area contributed by atoms with Crippen molar-refractivity contribution < 1.29 is 0 Å². The zero-order valence-electron chi connectivity index (χ0n) is 22.4. The van der Waals surface area contributed by atoms with Crippen molar-refractivity contribution in [2.75, 3.05) is 0 Å². The molecule has 0 fully saturated rings. The predicted molar refractivity (Wildman–Crippen MR) is 181 cm³/mol. The molecule has 10 rings (SSSR count). The van der Waals surface area contributed by atoms with E-state index in [-0.39, 0.29) is 0 Å². The van der Waals surface area contributed by atoms with E-state index in [0.29, 0.717) is 5.28 Å². The Kier molecular flexibility index (Phi) is 4.77. The lowest BCUT2D eigenvalue weighted by molar-refractivity contribution is 0.910. The average molecular weight is 596 g/mol. The van der Waals surface area contributed by atoms with Gasteiger partial charge in [0.2, 0.25) is 5.28 Å². The molecule has 0 aliphatic heterocycles. The molecule has 8 aromatic rings. The summed E-state index contributed by atoms with van der Waals surface area (Å²) in [5, 5.41) is 9.11. The van der Waals surface area contributed by atoms with Gasteiger partial charge < -0.3 is 0 Å². The van der Waals surface area contributed by atoms with E-state index in [4.69, 9.17) is 21.6 Å². The van der Waals surface area contributed by atoms with Crippen molar-refractivity contribution >= 4 is 103 Å². The molecule has 0 amide bonds. The fraction of sp³-hybridized carbons (Fsp3) is 0.111. The van der Waals surface area contributed by atoms with Crippen molar-refractivity contribution in [3.8, 4) is 5.82 Å². The summed E-state index contributed by atoms with van der Waals surface area (Å²) in [4.78, 5) is 12.2. The summed E-state index contributed by atoms with van der Waals surface area (Å²) in [6.45, 7) is 0. The van der Waals surface area contributed by atoms with Gasteiger partial charge in [-0.2, -0.15) is 4.98 Å². The summed E-state index contributed by atoms with van der Waals surface area (Å²) in [5.74, 6) is 0.896. The van der Waals surface area contributed by atoms with Crippen LogP contribution in [0.2, 0.25) is 5.28 Å². The minimum Gasteiger partial charge on any atom is -0.292 e. The molecule has 6 heteroatoms. The van der Waals surface area contributed by atoms with Crippen LogP contribution < -0.4 is 0 Å². The maximum atomic E-state index is 6.77. The Bertz CT molecular complexity index is 2540. The molecule has 2 aliphatic rings. The number of thiophene rings is 2. The van der Waals surface area contributed by atoms with Gasteiger partial charge in [0.05, 0.1) is 16.4 Å². The number of hydrogen-bond donors (Lipinski definition) is 0. The summed E-state index contributed by atoms with van der Waals surface area (Å²) in [7, 11) is 0. The van der Waals surface area contributed by atoms with Crippen LogP contribution in [-0.2, 0) is 6.42 Å². The first-order valence-electron chi connectivity index (χ1n) is 14.4. The summed E-state index contributed by atoms with van der Waals surface area (Å²) in [6, 6.07) is 26.5. The van der Waals surface area contributed by atoms with Gasteiger partial charge in [-0.05, 0) is 66.1 Å². The molecule has 3 nitrogen and oxygen atoms in total. The highest BCUT2D eigenvalue weighted by Gasteiger charge is 2.29. The highest BCUT2D eigenvalue weighted by Crippen LogP contribution is 2.50. The Labute approximate surface area is 254 Å². The number of hydrogen-bond acceptors (Lipinski definition) is 4. The number of allylic oxidation sites excluding steroid dienone is 4. The van der Waals surface area contributed by atoms with Crippen LogP contribution in [0.4, 0.5) is 0 Å². The third kappa shape index (κ3) is 3.01. The maximum absolute atomic E-state index is 6.77. The Hall–Kier alpha value is -4.03. The molecule has 200 valence electrons. The Balaban J connectivity index is 1.45. The topological polar surface area (TPSA) is 30.7 Å². The second-order valence-electron chi connectivity index (χ2n) is 11.3. The molecule has 4 aromatic heterocycles. The van der Waals surface area contributed by atoms with Gasteiger partial charge in [-0.1, -0.05) is 72.8 Å². The highest BCUT2D eigenvalue weighted by atomic mass is 35.5. The Morgan fingerprint density at radius 1 is 0.714 bits per heavy atom. The van der Waals surface area contributed by atoms with E-state index in [0.717, 1.165) is 47.2 Å². The summed E-state index contributed by atoms with van der Waals surface area (Å²) in [6.07, 6.45) is 8.89. The molecule has 0 spiro atoms. The van der Waals surface area contributed by atoms with Gasteiger partial charge in [-0.15, -0.1) is 22.7 Å². The molecule has 0 radical (unpaired) electrons. The van der Waals surface area contributed by atoms with E-state index in [2.05, 4.69) is 89.5 Å². The SMILES string of the molecule is Clc1nc(-n2c3ccccc3c3c4c5ccccc5sc4c4ccccc4c32)c2c3c(sc2n1)C1=C(C=CCC1)CC3. The first-order valence-corrected chi connectivity index (χ1v) is 16.4. The number of rotatable bonds is 1. The molecule has 2 aliphatic carbocycles. The van der Waals surface area contributed by atoms with Crippen LogP contribution in [0.3, 0.4) is 0 Å². The number of para-hydroxylation sites is 1. The molecule has 0 bridgehead atoms. The number of aromatic nitrogens is 3. The number of aryl methyl sites for hydroxylation is 1. The quantitative estimate of drug-likeness (QED) is 0.177. The molecule has 42 heavy (non-hydrogen) atoms. The minimum atomic E-state index is 0.297. The zero-order chi connectivity index (χ0) is 27.5. The molecule has 0 unspecified atom stereocenters. The predicted octanol–water partition coefficient (Wildman–Crippen LogP) is 11.0. The smallest absolute Gasteiger partial charge is 0.225 e. The summed E-state index contributed by atoms with van der Waals surface area (Å²) >= 11 is 10.5. The fourth-order valence-electron chi connectivity index (χ4n) is 7.46. The first-order chi connectivity index (χ1) is 20.8. The molecule has 0 saturated carbocycles. The van der Waals surface area contributed by atoms with Gasteiger partial charge in [-0.25, -0.2) is 4.98 Å². The highest BCUT2D eigenvalue weighted by molar-refractivity contribution is 7.27. The van der Waals surface area contributed by atoms with Crippen LogP contribution in [-0.4, -0.2) is 14.5 Å². The van der Waals surface area contributed by atoms with Gasteiger partial charge in [0.1, 0.15) is 4.83 Å². The lowest BCUT2D eigenvalue weighted by Crippen LogP contribution is -2.06. The van der Waals surface area contributed by atoms with Crippen molar-refractivity contribution in [3.05, 3.63) is 106 Å². The van der Waals surface area contributed by atoms with Crippen molar-refractivity contribution in [1.82, 2.24) is 14.5 Å². The second-order valence-corrected chi connectivity index (χ2v) is 13.7. The standard InChI is InChI=1S/C36H22ClN3S2/c37-36-38-34(30-25-18-17-19-9-1-2-10-20(19)32(25)42-35(30)39-36)40-26-15-7-5-13-23(26)28-29-24-14-6-8-16-27(24)41-33(29)22-12-4-3-11-21(22)31(28)40/h1,3-9,11-16H,2,10,17-18H2. The van der Waals surface area contributed by atoms with Crippen molar-refractivity contribution in [3.63, 3.8) is 0 Å². The number of nitrogens with zero attached hydrogens (tertiary/aromatic N) is 3. The third-order valence-corrected chi connectivity index (χ3v) is 11.7. The van der Waals surface area contributed by atoms with E-state index in [1.165, 1.54) is 68.8 Å². The largest absolute Gasteiger partial charge is 0.292 e. The van der Waals surface area contributed by atoms with Crippen LogP contribution >= 0.6 is 34.3 Å². The van der Waals surface area contributed by atoms with Crippen LogP contribution in [0, 0.1) is 0 Å². The van der Waals surface area contributed by atoms with Crippen LogP contribution in [0.15, 0.2) is 90.5 Å². The van der Waals surface area contributed by atoms with Crippen molar-refractivity contribution in [2.45, 2.75) is 25.7 Å². The average Bonchev–Trinajstić information content (AvgIpc) is 3.70. The van der Waals surface area contributed by atoms with Crippen LogP contribution in [0.1, 0.15) is 29.7 Å². The van der Waals surface area contributed by atoms with Crippen molar-refractivity contribution in [1.29, 1.82) is 0 Å². The zero-order valence-corrected chi connectivity index (χ0v) is 24.8. The molecular weight excluding hydrogens is 574 g/mol. The van der Waals surface area contributed by atoms with E-state index in [1.54, 1.807) is 11.3 Å². The molecule has 4 heterocycles. The Morgan fingerprint density at radius 2 is 1.50 bits per heavy atom. The number of halogens is 1. The summed E-state index contributed by atoms with van der Waals surface area (Å²) < 4.78 is 5.05. The molecule has 0 saturated heterocycles. The van der Waals surface area contributed by atoms with Crippen LogP contribution in [0.25, 0.3) is 74.4 Å². The lowest BCUT2D eigenvalue weighted by atomic mass is 9.85. The normalized spacial score (nSPS) is 15.2. The van der Waals surface area contributed by atoms with Gasteiger partial charge in [0, 0.05) is 46.6 Å². The minimum absolute atomic E-state index is 0.297. The van der Waals surface area contributed by atoms with Gasteiger partial charge >= 0.3 is 0 Å². The number of benzene rings is 4. The van der Waals surface area contributed by atoms with Gasteiger partial charge in [0.15, 0.2) is 5.82 Å². The summed E-state index contributed by atoms with van der Waals surface area (Å²) in [5.41, 5.74) is 6.69. The number of fused-ring (bicyclic) bond motifs is 14. The molecule has 0 N–H and O–H groups in total. The van der Waals surface area contributed by atoms with E-state index in [9.17, 15) is 0 Å². The fourth-order valence-corrected chi connectivity index (χ4v) is 10.3. The maximum Gasteiger partial charge on any atom is 0.225 e. The molecular formula is C36H22ClN3S2. The van der Waals surface area contributed by atoms with Gasteiger partial charge in [-0.3, -0.25) is 4.57 Å². The van der Waals surface area contributed by atoms with E-state index < -0.39 is 0 Å². The molecule has 4 aromatic carbocycles. The first kappa shape index (κ1) is 23.5. The van der Waals surface area contributed by atoms with Crippen molar-refractivity contribution in [2.24, 2.45) is 0 Å². The second kappa shape index (κ2) is 8.51.